The number of hydrogen-bond acceptors (Lipinski definition) is 3. The van der Waals surface area contributed by atoms with Crippen molar-refractivity contribution in [2.24, 2.45) is 0 Å². The average molecular weight is 395 g/mol. The Kier molecular flexibility index (Phi) is 12.6. The summed E-state index contributed by atoms with van der Waals surface area (Å²) >= 11 is 0. The molecule has 140 valence electrons. The van der Waals surface area contributed by atoms with Crippen LogP contribution in [0, 0.1) is 0 Å². The topological polar surface area (TPSA) is 27.7 Å². The zero-order chi connectivity index (χ0) is 17.9. The van der Waals surface area contributed by atoms with E-state index in [2.05, 4.69) is 55.4 Å². The first-order chi connectivity index (χ1) is 10.9. The Balaban J connectivity index is 4.92. The van der Waals surface area contributed by atoms with Gasteiger partial charge < -0.3 is 12.3 Å². The Labute approximate surface area is 151 Å². The summed E-state index contributed by atoms with van der Waals surface area (Å²) in [5.74, 6) is 0. The summed E-state index contributed by atoms with van der Waals surface area (Å²) in [5.41, 5.74) is 0. The van der Waals surface area contributed by atoms with Crippen molar-refractivity contribution in [2.75, 3.05) is 0 Å². The normalized spacial score (nSPS) is 15.7. The SMILES string of the molecule is CC[SiH](O[SiH](CC)O[Si](CC)(CC)CC)O[Si](CC)(CC)CC. The van der Waals surface area contributed by atoms with Gasteiger partial charge in [0.05, 0.1) is 0 Å². The van der Waals surface area contributed by atoms with Gasteiger partial charge in [0.25, 0.3) is 0 Å². The van der Waals surface area contributed by atoms with Gasteiger partial charge in [0.1, 0.15) is 0 Å². The van der Waals surface area contributed by atoms with Crippen LogP contribution in [0.4, 0.5) is 0 Å². The van der Waals surface area contributed by atoms with Crippen molar-refractivity contribution < 1.29 is 12.3 Å². The van der Waals surface area contributed by atoms with E-state index in [1.165, 1.54) is 36.3 Å². The smallest absolute Gasteiger partial charge is 0.301 e. The summed E-state index contributed by atoms with van der Waals surface area (Å²) in [5, 5.41) is 0. The van der Waals surface area contributed by atoms with Crippen LogP contribution in [0.5, 0.6) is 0 Å². The lowest BCUT2D eigenvalue weighted by Gasteiger charge is -2.37. The first kappa shape index (κ1) is 23.7. The van der Waals surface area contributed by atoms with Crippen LogP contribution >= 0.6 is 0 Å². The molecular weight excluding hydrogens is 353 g/mol. The molecule has 0 saturated heterocycles. The van der Waals surface area contributed by atoms with Gasteiger partial charge >= 0.3 is 18.6 Å². The molecule has 0 aliphatic heterocycles. The van der Waals surface area contributed by atoms with E-state index in [4.69, 9.17) is 12.3 Å². The highest BCUT2D eigenvalue weighted by Gasteiger charge is 2.36. The summed E-state index contributed by atoms with van der Waals surface area (Å²) in [4.78, 5) is 0. The second kappa shape index (κ2) is 12.2. The van der Waals surface area contributed by atoms with Crippen molar-refractivity contribution in [1.82, 2.24) is 0 Å². The summed E-state index contributed by atoms with van der Waals surface area (Å²) in [6, 6.07) is 9.41. The highest BCUT2D eigenvalue weighted by molar-refractivity contribution is 6.82. The molecule has 0 radical (unpaired) electrons. The van der Waals surface area contributed by atoms with E-state index >= 15 is 0 Å². The predicted octanol–water partition coefficient (Wildman–Crippen LogP) is 5.53. The molecule has 0 aromatic rings. The lowest BCUT2D eigenvalue weighted by Crippen LogP contribution is -2.48. The van der Waals surface area contributed by atoms with Crippen LogP contribution in [0.3, 0.4) is 0 Å². The minimum absolute atomic E-state index is 1.07. The second-order valence-electron chi connectivity index (χ2n) is 6.53. The molecule has 0 rings (SSSR count). The van der Waals surface area contributed by atoms with Gasteiger partial charge in [-0.3, -0.25) is 0 Å². The van der Waals surface area contributed by atoms with Crippen LogP contribution in [-0.2, 0) is 12.3 Å². The standard InChI is InChI=1S/C16H42O3Si4/c1-9-20(18-22(11-3,12-4)13-5)17-21(10-2)19-23(14-6,15-7)16-8/h20-21H,9-16H2,1-8H3. The molecule has 0 aliphatic carbocycles. The Hall–Kier alpha value is 0.748. The van der Waals surface area contributed by atoms with Crippen molar-refractivity contribution >= 4 is 35.2 Å². The minimum atomic E-state index is -1.57. The molecule has 23 heavy (non-hydrogen) atoms. The summed E-state index contributed by atoms with van der Waals surface area (Å²) in [7, 11) is -6.24. The van der Waals surface area contributed by atoms with Gasteiger partial charge in [0, 0.05) is 0 Å². The molecule has 0 aromatic carbocycles. The van der Waals surface area contributed by atoms with E-state index in [0.717, 1.165) is 12.1 Å². The zero-order valence-corrected chi connectivity index (χ0v) is 21.3. The quantitative estimate of drug-likeness (QED) is 0.363. The average Bonchev–Trinajstić information content (AvgIpc) is 2.62. The Bertz CT molecular complexity index is 253. The van der Waals surface area contributed by atoms with Crippen molar-refractivity contribution in [3.63, 3.8) is 0 Å². The lowest BCUT2D eigenvalue weighted by molar-refractivity contribution is 0.355. The fraction of sp³-hybridized carbons (Fsp3) is 1.00. The van der Waals surface area contributed by atoms with Crippen LogP contribution in [0.25, 0.3) is 0 Å². The van der Waals surface area contributed by atoms with Crippen molar-refractivity contribution in [3.8, 4) is 0 Å². The largest absolute Gasteiger partial charge is 0.438 e. The minimum Gasteiger partial charge on any atom is -0.438 e. The lowest BCUT2D eigenvalue weighted by atomic mass is 10.9. The van der Waals surface area contributed by atoms with E-state index in [1.807, 2.05) is 0 Å². The van der Waals surface area contributed by atoms with E-state index < -0.39 is 35.2 Å². The zero-order valence-electron chi connectivity index (χ0n) is 17.0. The fourth-order valence-corrected chi connectivity index (χ4v) is 20.3. The molecule has 2 unspecified atom stereocenters. The molecule has 0 heterocycles. The fourth-order valence-electron chi connectivity index (χ4n) is 3.14. The summed E-state index contributed by atoms with van der Waals surface area (Å²) in [6.45, 7) is 18.3. The van der Waals surface area contributed by atoms with Gasteiger partial charge in [-0.15, -0.1) is 0 Å². The van der Waals surface area contributed by atoms with Crippen LogP contribution < -0.4 is 0 Å². The van der Waals surface area contributed by atoms with E-state index in [-0.39, 0.29) is 0 Å². The first-order valence-corrected chi connectivity index (χ1v) is 18.5. The molecule has 0 aliphatic rings. The van der Waals surface area contributed by atoms with Crippen molar-refractivity contribution in [3.05, 3.63) is 0 Å². The maximum Gasteiger partial charge on any atom is 0.301 e. The van der Waals surface area contributed by atoms with Gasteiger partial charge in [0.15, 0.2) is 16.6 Å². The van der Waals surface area contributed by atoms with Crippen molar-refractivity contribution in [1.29, 1.82) is 0 Å². The molecule has 0 amide bonds. The summed E-state index contributed by atoms with van der Waals surface area (Å²) in [6.07, 6.45) is 0. The Morgan fingerprint density at radius 2 is 0.783 bits per heavy atom. The molecule has 3 nitrogen and oxygen atoms in total. The van der Waals surface area contributed by atoms with Crippen LogP contribution in [-0.4, -0.2) is 35.2 Å². The van der Waals surface area contributed by atoms with Gasteiger partial charge in [-0.25, -0.2) is 0 Å². The van der Waals surface area contributed by atoms with Crippen LogP contribution in [0.2, 0.25) is 48.4 Å². The highest BCUT2D eigenvalue weighted by atomic mass is 28.5. The predicted molar refractivity (Wildman–Crippen MR) is 113 cm³/mol. The van der Waals surface area contributed by atoms with Crippen LogP contribution in [0.15, 0.2) is 0 Å². The third-order valence-electron chi connectivity index (χ3n) is 5.60. The number of hydrogen-bond donors (Lipinski definition) is 0. The molecule has 0 bridgehead atoms. The van der Waals surface area contributed by atoms with Gasteiger partial charge in [-0.05, 0) is 48.4 Å². The highest BCUT2D eigenvalue weighted by Crippen LogP contribution is 2.26. The van der Waals surface area contributed by atoms with Crippen LogP contribution in [0.1, 0.15) is 55.4 Å². The molecular formula is C16H42O3Si4. The van der Waals surface area contributed by atoms with E-state index in [1.54, 1.807) is 0 Å². The molecule has 0 saturated carbocycles. The monoisotopic (exact) mass is 394 g/mol. The third-order valence-corrected chi connectivity index (χ3v) is 23.2. The van der Waals surface area contributed by atoms with Gasteiger partial charge in [0.2, 0.25) is 0 Å². The van der Waals surface area contributed by atoms with Gasteiger partial charge in [-0.1, -0.05) is 55.4 Å². The molecule has 0 N–H and O–H groups in total. The maximum absolute atomic E-state index is 6.71. The Morgan fingerprint density at radius 1 is 0.522 bits per heavy atom. The van der Waals surface area contributed by atoms with E-state index in [0.29, 0.717) is 0 Å². The second-order valence-corrected chi connectivity index (χ2v) is 21.8. The molecule has 7 heteroatoms. The number of rotatable bonds is 14. The van der Waals surface area contributed by atoms with Gasteiger partial charge in [-0.2, -0.15) is 0 Å². The first-order valence-electron chi connectivity index (χ1n) is 9.95. The van der Waals surface area contributed by atoms with E-state index in [9.17, 15) is 0 Å². The molecule has 0 aromatic heterocycles. The Morgan fingerprint density at radius 3 is 0.957 bits per heavy atom. The molecule has 2 atom stereocenters. The summed E-state index contributed by atoms with van der Waals surface area (Å²) < 4.78 is 20.0. The third kappa shape index (κ3) is 7.25. The molecule has 0 spiro atoms. The van der Waals surface area contributed by atoms with Crippen molar-refractivity contribution in [2.45, 2.75) is 104 Å². The molecule has 0 fully saturated rings. The maximum atomic E-state index is 6.71.